The summed E-state index contributed by atoms with van der Waals surface area (Å²) in [5.74, 6) is -4.14. The summed E-state index contributed by atoms with van der Waals surface area (Å²) in [4.78, 5) is 0. The van der Waals surface area contributed by atoms with E-state index in [0.717, 1.165) is 0 Å². The Labute approximate surface area is 105 Å². The molecule has 0 amide bonds. The van der Waals surface area contributed by atoms with Crippen LogP contribution in [0.4, 0.5) is 28.9 Å². The summed E-state index contributed by atoms with van der Waals surface area (Å²) in [5, 5.41) is 2.34. The average Bonchev–Trinajstić information content (AvgIpc) is 2.21. The van der Waals surface area contributed by atoms with Gasteiger partial charge in [0.1, 0.15) is 0 Å². The van der Waals surface area contributed by atoms with E-state index in [1.165, 1.54) is 12.1 Å². The molecule has 0 bridgehead atoms. The topological polar surface area (TPSA) is 38.0 Å². The van der Waals surface area contributed by atoms with Crippen molar-refractivity contribution in [2.75, 3.05) is 17.6 Å². The molecule has 1 aromatic rings. The van der Waals surface area contributed by atoms with Gasteiger partial charge in [-0.15, -0.1) is 0 Å². The summed E-state index contributed by atoms with van der Waals surface area (Å²) in [6, 6.07) is 2.44. The van der Waals surface area contributed by atoms with Crippen LogP contribution in [0.1, 0.15) is 0 Å². The summed E-state index contributed by atoms with van der Waals surface area (Å²) >= 11 is 11.3. The van der Waals surface area contributed by atoms with Crippen LogP contribution in [-0.4, -0.2) is 18.9 Å². The fourth-order valence-corrected chi connectivity index (χ4v) is 1.34. The summed E-state index contributed by atoms with van der Waals surface area (Å²) in [7, 11) is 0. The molecule has 0 atom stereocenters. The van der Waals surface area contributed by atoms with Crippen molar-refractivity contribution in [2.45, 2.75) is 12.3 Å². The molecule has 1 rings (SSSR count). The van der Waals surface area contributed by atoms with Gasteiger partial charge in [0.2, 0.25) is 0 Å². The molecule has 96 valence electrons. The molecule has 2 nitrogen and oxygen atoms in total. The number of nitrogens with two attached hydrogens (primary N) is 1. The monoisotopic (exact) mass is 290 g/mol. The van der Waals surface area contributed by atoms with E-state index in [0.29, 0.717) is 0 Å². The van der Waals surface area contributed by atoms with Crippen LogP contribution >= 0.6 is 23.2 Å². The largest absolute Gasteiger partial charge is 0.397 e. The van der Waals surface area contributed by atoms with Gasteiger partial charge in [0.05, 0.1) is 28.0 Å². The quantitative estimate of drug-likeness (QED) is 0.652. The van der Waals surface area contributed by atoms with Crippen LogP contribution in [0.25, 0.3) is 0 Å². The van der Waals surface area contributed by atoms with E-state index in [1.54, 1.807) is 0 Å². The van der Waals surface area contributed by atoms with Gasteiger partial charge in [0, 0.05) is 0 Å². The second kappa shape index (κ2) is 5.18. The fourth-order valence-electron chi connectivity index (χ4n) is 1.01. The van der Waals surface area contributed by atoms with E-state index in [1.807, 2.05) is 0 Å². The molecule has 0 aliphatic rings. The Morgan fingerprint density at radius 2 is 1.76 bits per heavy atom. The highest BCUT2D eigenvalue weighted by Gasteiger charge is 2.40. The smallest absolute Gasteiger partial charge is 0.324 e. The number of nitrogens with one attached hydrogen (secondary N) is 1. The van der Waals surface area contributed by atoms with Gasteiger partial charge in [0.15, 0.2) is 0 Å². The van der Waals surface area contributed by atoms with Crippen LogP contribution in [0.3, 0.4) is 0 Å². The Morgan fingerprint density at radius 3 is 2.29 bits per heavy atom. The van der Waals surface area contributed by atoms with Crippen molar-refractivity contribution in [1.82, 2.24) is 0 Å². The highest BCUT2D eigenvalue weighted by Crippen LogP contribution is 2.32. The maximum absolute atomic E-state index is 12.6. The molecular formula is C9H8Cl2F4N2. The van der Waals surface area contributed by atoms with Gasteiger partial charge in [0.25, 0.3) is 0 Å². The Morgan fingerprint density at radius 1 is 1.24 bits per heavy atom. The first-order valence-electron chi connectivity index (χ1n) is 4.38. The maximum atomic E-state index is 12.6. The van der Waals surface area contributed by atoms with Crippen molar-refractivity contribution in [3.63, 3.8) is 0 Å². The lowest BCUT2D eigenvalue weighted by atomic mass is 10.2. The Bertz CT molecular complexity index is 412. The first-order valence-corrected chi connectivity index (χ1v) is 5.14. The second-order valence-electron chi connectivity index (χ2n) is 3.27. The molecule has 8 heteroatoms. The molecule has 0 aliphatic heterocycles. The standard InChI is InChI=1S/C9H8Cl2F4N2/c10-4-1-6(16)7(2-5(4)11)17-3-9(14,15)8(12)13/h1-2,8,17H,3,16H2. The minimum Gasteiger partial charge on any atom is -0.397 e. The van der Waals surface area contributed by atoms with Crippen molar-refractivity contribution < 1.29 is 17.6 Å². The van der Waals surface area contributed by atoms with E-state index in [4.69, 9.17) is 28.9 Å². The third-order valence-corrected chi connectivity index (χ3v) is 2.65. The number of hydrogen-bond donors (Lipinski definition) is 2. The lowest BCUT2D eigenvalue weighted by Crippen LogP contribution is -2.34. The van der Waals surface area contributed by atoms with Crippen LogP contribution in [0.15, 0.2) is 12.1 Å². The predicted molar refractivity (Wildman–Crippen MR) is 60.3 cm³/mol. The van der Waals surface area contributed by atoms with Crippen LogP contribution in [0.2, 0.25) is 10.0 Å². The number of rotatable bonds is 4. The number of benzene rings is 1. The van der Waals surface area contributed by atoms with Gasteiger partial charge in [-0.2, -0.15) is 8.78 Å². The van der Waals surface area contributed by atoms with Crippen molar-refractivity contribution >= 4 is 34.6 Å². The van der Waals surface area contributed by atoms with Gasteiger partial charge in [-0.1, -0.05) is 23.2 Å². The minimum absolute atomic E-state index is 0.0275. The molecule has 0 spiro atoms. The fraction of sp³-hybridized carbons (Fsp3) is 0.333. The molecule has 0 saturated heterocycles. The number of alkyl halides is 4. The van der Waals surface area contributed by atoms with Crippen LogP contribution in [0.5, 0.6) is 0 Å². The summed E-state index contributed by atoms with van der Waals surface area (Å²) in [6.07, 6.45) is -3.75. The summed E-state index contributed by atoms with van der Waals surface area (Å²) in [5.41, 5.74) is 5.53. The lowest BCUT2D eigenvalue weighted by molar-refractivity contribution is -0.117. The van der Waals surface area contributed by atoms with Crippen LogP contribution in [-0.2, 0) is 0 Å². The van der Waals surface area contributed by atoms with Crippen molar-refractivity contribution in [3.8, 4) is 0 Å². The zero-order chi connectivity index (χ0) is 13.2. The Hall–Kier alpha value is -0.880. The maximum Gasteiger partial charge on any atom is 0.324 e. The number of halogens is 6. The van der Waals surface area contributed by atoms with Gasteiger partial charge < -0.3 is 11.1 Å². The van der Waals surface area contributed by atoms with E-state index in [2.05, 4.69) is 5.32 Å². The average molecular weight is 291 g/mol. The second-order valence-corrected chi connectivity index (χ2v) is 4.08. The number of anilines is 2. The predicted octanol–water partition coefficient (Wildman–Crippen LogP) is 3.89. The molecule has 0 fully saturated rings. The van der Waals surface area contributed by atoms with Gasteiger partial charge in [-0.3, -0.25) is 0 Å². The van der Waals surface area contributed by atoms with Gasteiger partial charge in [-0.05, 0) is 12.1 Å². The number of hydrogen-bond acceptors (Lipinski definition) is 2. The van der Waals surface area contributed by atoms with E-state index >= 15 is 0 Å². The van der Waals surface area contributed by atoms with Crippen LogP contribution < -0.4 is 11.1 Å². The Kier molecular flexibility index (Phi) is 4.32. The molecule has 3 N–H and O–H groups in total. The van der Waals surface area contributed by atoms with Crippen molar-refractivity contribution in [3.05, 3.63) is 22.2 Å². The van der Waals surface area contributed by atoms with Crippen LogP contribution in [0, 0.1) is 0 Å². The minimum atomic E-state index is -4.14. The van der Waals surface area contributed by atoms with E-state index in [9.17, 15) is 17.6 Å². The van der Waals surface area contributed by atoms with Gasteiger partial charge >= 0.3 is 12.3 Å². The SMILES string of the molecule is Nc1cc(Cl)c(Cl)cc1NCC(F)(F)C(F)F. The first kappa shape index (κ1) is 14.2. The van der Waals surface area contributed by atoms with E-state index < -0.39 is 18.9 Å². The van der Waals surface area contributed by atoms with Crippen molar-refractivity contribution in [2.24, 2.45) is 0 Å². The highest BCUT2D eigenvalue weighted by atomic mass is 35.5. The molecule has 0 unspecified atom stereocenters. The molecule has 0 aromatic heterocycles. The Balaban J connectivity index is 2.80. The first-order chi connectivity index (χ1) is 7.74. The molecule has 0 aliphatic carbocycles. The molecule has 17 heavy (non-hydrogen) atoms. The highest BCUT2D eigenvalue weighted by molar-refractivity contribution is 6.42. The normalized spacial score (nSPS) is 11.9. The zero-order valence-electron chi connectivity index (χ0n) is 8.28. The molecule has 0 saturated carbocycles. The summed E-state index contributed by atoms with van der Waals surface area (Å²) < 4.78 is 49.0. The molecular weight excluding hydrogens is 283 g/mol. The van der Waals surface area contributed by atoms with Gasteiger partial charge in [-0.25, -0.2) is 8.78 Å². The molecule has 0 radical (unpaired) electrons. The number of nitrogen functional groups attached to an aromatic ring is 1. The third kappa shape index (κ3) is 3.54. The summed E-state index contributed by atoms with van der Waals surface area (Å²) in [6.45, 7) is -1.24. The van der Waals surface area contributed by atoms with E-state index in [-0.39, 0.29) is 21.4 Å². The zero-order valence-corrected chi connectivity index (χ0v) is 9.80. The molecule has 0 heterocycles. The molecule has 1 aromatic carbocycles. The lowest BCUT2D eigenvalue weighted by Gasteiger charge is -2.17. The van der Waals surface area contributed by atoms with Crippen molar-refractivity contribution in [1.29, 1.82) is 0 Å². The third-order valence-electron chi connectivity index (χ3n) is 1.93.